The minimum atomic E-state index is 0.204. The highest BCUT2D eigenvalue weighted by Gasteiger charge is 2.15. The van der Waals surface area contributed by atoms with E-state index in [9.17, 15) is 0 Å². The summed E-state index contributed by atoms with van der Waals surface area (Å²) in [5.41, 5.74) is 4.57. The Hall–Kier alpha value is -2.87. The first kappa shape index (κ1) is 15.0. The number of aromatic nitrogens is 1. The van der Waals surface area contributed by atoms with Gasteiger partial charge >= 0.3 is 0 Å². The van der Waals surface area contributed by atoms with Crippen LogP contribution in [0.15, 0.2) is 85.6 Å². The van der Waals surface area contributed by atoms with E-state index in [1.807, 2.05) is 42.6 Å². The van der Waals surface area contributed by atoms with E-state index in [4.69, 9.17) is 0 Å². The molecule has 3 aromatic rings. The van der Waals surface area contributed by atoms with Crippen LogP contribution < -0.4 is 5.32 Å². The minimum Gasteiger partial charge on any atom is -0.384 e. The zero-order valence-electron chi connectivity index (χ0n) is 13.0. The molecule has 2 aromatic carbocycles. The molecule has 23 heavy (non-hydrogen) atoms. The van der Waals surface area contributed by atoms with Gasteiger partial charge in [-0.05, 0) is 35.4 Å². The summed E-state index contributed by atoms with van der Waals surface area (Å²) in [7, 11) is 0. The van der Waals surface area contributed by atoms with E-state index in [0.29, 0.717) is 0 Å². The number of hydrogen-bond acceptors (Lipinski definition) is 2. The summed E-state index contributed by atoms with van der Waals surface area (Å²) < 4.78 is 0. The van der Waals surface area contributed by atoms with Gasteiger partial charge in [0.25, 0.3) is 0 Å². The normalized spacial score (nSPS) is 11.7. The topological polar surface area (TPSA) is 24.9 Å². The average molecular weight is 300 g/mol. The second-order valence-electron chi connectivity index (χ2n) is 5.42. The highest BCUT2D eigenvalue weighted by molar-refractivity contribution is 5.49. The maximum atomic E-state index is 4.55. The quantitative estimate of drug-likeness (QED) is 0.695. The molecule has 0 aliphatic carbocycles. The van der Waals surface area contributed by atoms with Gasteiger partial charge in [0, 0.05) is 30.0 Å². The van der Waals surface area contributed by atoms with Crippen LogP contribution in [0.3, 0.4) is 0 Å². The molecule has 1 N–H and O–H groups in total. The molecule has 114 valence electrons. The second-order valence-corrected chi connectivity index (χ2v) is 5.42. The largest absolute Gasteiger partial charge is 0.384 e. The van der Waals surface area contributed by atoms with E-state index in [2.05, 4.69) is 59.3 Å². The highest BCUT2D eigenvalue weighted by Crippen LogP contribution is 2.24. The summed E-state index contributed by atoms with van der Waals surface area (Å²) in [6, 6.07) is 24.8. The van der Waals surface area contributed by atoms with Crippen molar-refractivity contribution in [2.45, 2.75) is 5.92 Å². The first-order valence-electron chi connectivity index (χ1n) is 7.79. The van der Waals surface area contributed by atoms with Gasteiger partial charge < -0.3 is 5.32 Å². The third kappa shape index (κ3) is 3.86. The molecule has 0 bridgehead atoms. The van der Waals surface area contributed by atoms with E-state index in [-0.39, 0.29) is 5.92 Å². The standard InChI is InChI=1S/C21H20N2/c1-2-17-11-13-18(14-12-17)20(21-10-6-7-15-22-21)16-23-19-8-4-3-5-9-19/h2-15,20,23H,1,16H2. The Morgan fingerprint density at radius 1 is 0.913 bits per heavy atom. The van der Waals surface area contributed by atoms with Gasteiger partial charge in [0.15, 0.2) is 0 Å². The molecule has 0 aliphatic rings. The summed E-state index contributed by atoms with van der Waals surface area (Å²) in [5, 5.41) is 3.51. The van der Waals surface area contributed by atoms with Gasteiger partial charge in [-0.25, -0.2) is 0 Å². The van der Waals surface area contributed by atoms with Gasteiger partial charge in [0.2, 0.25) is 0 Å². The number of pyridine rings is 1. The molecular weight excluding hydrogens is 280 g/mol. The molecule has 0 saturated heterocycles. The Labute approximate surface area is 137 Å². The lowest BCUT2D eigenvalue weighted by Gasteiger charge is -2.19. The van der Waals surface area contributed by atoms with E-state index < -0.39 is 0 Å². The Morgan fingerprint density at radius 2 is 1.65 bits per heavy atom. The molecule has 1 atom stereocenters. The van der Waals surface area contributed by atoms with Crippen molar-refractivity contribution in [3.8, 4) is 0 Å². The lowest BCUT2D eigenvalue weighted by molar-refractivity contribution is 0.816. The van der Waals surface area contributed by atoms with Crippen LogP contribution in [0.5, 0.6) is 0 Å². The van der Waals surface area contributed by atoms with Gasteiger partial charge in [-0.1, -0.05) is 61.2 Å². The fraction of sp³-hybridized carbons (Fsp3) is 0.0952. The van der Waals surface area contributed by atoms with Crippen molar-refractivity contribution in [1.82, 2.24) is 4.98 Å². The van der Waals surface area contributed by atoms with Crippen molar-refractivity contribution < 1.29 is 0 Å². The molecular formula is C21H20N2. The van der Waals surface area contributed by atoms with Crippen LogP contribution in [0.25, 0.3) is 6.08 Å². The smallest absolute Gasteiger partial charge is 0.0496 e. The molecule has 0 saturated carbocycles. The molecule has 3 rings (SSSR count). The number of nitrogens with zero attached hydrogens (tertiary/aromatic N) is 1. The highest BCUT2D eigenvalue weighted by atomic mass is 14.9. The van der Waals surface area contributed by atoms with Crippen molar-refractivity contribution in [3.05, 3.63) is 102 Å². The summed E-state index contributed by atoms with van der Waals surface area (Å²) in [4.78, 5) is 4.55. The fourth-order valence-corrected chi connectivity index (χ4v) is 2.62. The molecule has 1 aromatic heterocycles. The van der Waals surface area contributed by atoms with Crippen LogP contribution in [0.1, 0.15) is 22.7 Å². The molecule has 2 nitrogen and oxygen atoms in total. The predicted molar refractivity (Wildman–Crippen MR) is 97.5 cm³/mol. The van der Waals surface area contributed by atoms with Crippen molar-refractivity contribution in [2.75, 3.05) is 11.9 Å². The number of rotatable bonds is 6. The third-order valence-electron chi connectivity index (χ3n) is 3.90. The molecule has 0 spiro atoms. The fourth-order valence-electron chi connectivity index (χ4n) is 2.62. The summed E-state index contributed by atoms with van der Waals surface area (Å²) >= 11 is 0. The van der Waals surface area contributed by atoms with Gasteiger partial charge in [-0.3, -0.25) is 4.98 Å². The van der Waals surface area contributed by atoms with Crippen molar-refractivity contribution in [3.63, 3.8) is 0 Å². The molecule has 0 radical (unpaired) electrons. The zero-order chi connectivity index (χ0) is 15.9. The van der Waals surface area contributed by atoms with Gasteiger partial charge in [-0.15, -0.1) is 0 Å². The lowest BCUT2D eigenvalue weighted by Crippen LogP contribution is -2.15. The van der Waals surface area contributed by atoms with Crippen LogP contribution in [0.4, 0.5) is 5.69 Å². The number of anilines is 1. The van der Waals surface area contributed by atoms with Crippen LogP contribution in [0, 0.1) is 0 Å². The monoisotopic (exact) mass is 300 g/mol. The van der Waals surface area contributed by atoms with Crippen LogP contribution in [0.2, 0.25) is 0 Å². The molecule has 0 amide bonds. The Morgan fingerprint density at radius 3 is 2.30 bits per heavy atom. The molecule has 2 heteroatoms. The molecule has 0 aliphatic heterocycles. The van der Waals surface area contributed by atoms with E-state index in [1.165, 1.54) is 5.56 Å². The lowest BCUT2D eigenvalue weighted by atomic mass is 9.94. The van der Waals surface area contributed by atoms with E-state index >= 15 is 0 Å². The maximum absolute atomic E-state index is 4.55. The summed E-state index contributed by atoms with van der Waals surface area (Å²) in [5.74, 6) is 0.204. The predicted octanol–water partition coefficient (Wildman–Crippen LogP) is 4.97. The van der Waals surface area contributed by atoms with E-state index in [0.717, 1.165) is 23.5 Å². The second kappa shape index (κ2) is 7.41. The average Bonchev–Trinajstić information content (AvgIpc) is 2.64. The third-order valence-corrected chi connectivity index (χ3v) is 3.90. The van der Waals surface area contributed by atoms with Gasteiger partial charge in [-0.2, -0.15) is 0 Å². The van der Waals surface area contributed by atoms with Crippen molar-refractivity contribution in [1.29, 1.82) is 0 Å². The van der Waals surface area contributed by atoms with Crippen LogP contribution in [-0.4, -0.2) is 11.5 Å². The Balaban J connectivity index is 1.85. The summed E-state index contributed by atoms with van der Waals surface area (Å²) in [6.07, 6.45) is 3.71. The molecule has 1 unspecified atom stereocenters. The Bertz CT molecular complexity index is 734. The van der Waals surface area contributed by atoms with Crippen molar-refractivity contribution in [2.24, 2.45) is 0 Å². The Kier molecular flexibility index (Phi) is 4.85. The summed E-state index contributed by atoms with van der Waals surface area (Å²) in [6.45, 7) is 4.61. The first-order chi connectivity index (χ1) is 11.4. The van der Waals surface area contributed by atoms with Crippen LogP contribution >= 0.6 is 0 Å². The number of hydrogen-bond donors (Lipinski definition) is 1. The van der Waals surface area contributed by atoms with Crippen LogP contribution in [-0.2, 0) is 0 Å². The zero-order valence-corrected chi connectivity index (χ0v) is 13.0. The minimum absolute atomic E-state index is 0.204. The van der Waals surface area contributed by atoms with Gasteiger partial charge in [0.1, 0.15) is 0 Å². The van der Waals surface area contributed by atoms with Crippen molar-refractivity contribution >= 4 is 11.8 Å². The maximum Gasteiger partial charge on any atom is 0.0496 e. The first-order valence-corrected chi connectivity index (χ1v) is 7.79. The van der Waals surface area contributed by atoms with E-state index in [1.54, 1.807) is 0 Å². The molecule has 1 heterocycles. The van der Waals surface area contributed by atoms with Gasteiger partial charge in [0.05, 0.1) is 0 Å². The number of nitrogens with one attached hydrogen (secondary N) is 1. The molecule has 0 fully saturated rings. The number of para-hydroxylation sites is 1. The SMILES string of the molecule is C=Cc1ccc(C(CNc2ccccc2)c2ccccn2)cc1. The number of benzene rings is 2.